The van der Waals surface area contributed by atoms with Gasteiger partial charge in [-0.2, -0.15) is 0 Å². The number of hydrogen-bond acceptors (Lipinski definition) is 7. The maximum Gasteiger partial charge on any atom is 0.316 e. The lowest BCUT2D eigenvalue weighted by molar-refractivity contribution is -0.335. The SMILES string of the molecule is CC[C@H]1O[C@]2(CC[C@@H]1C)C[C@@H]1C[C@@H](C/C=C(\C)C[C@@H](C)/C=C/C=C3\CO[C@H]4C(=O)C(C)=C[C@@H](C(=O)O1)[C@]34O)O2. The smallest absolute Gasteiger partial charge is 0.316 e. The van der Waals surface area contributed by atoms with Crippen LogP contribution in [0.15, 0.2) is 47.1 Å². The Hall–Kier alpha value is -2.06. The molecule has 1 N–H and O–H groups in total. The van der Waals surface area contributed by atoms with E-state index < -0.39 is 35.5 Å². The highest BCUT2D eigenvalue weighted by atomic mass is 16.7. The highest BCUT2D eigenvalue weighted by Gasteiger charge is 2.60. The van der Waals surface area contributed by atoms with E-state index in [0.717, 1.165) is 25.7 Å². The average Bonchev–Trinajstić information content (AvgIpc) is 3.23. The van der Waals surface area contributed by atoms with Crippen molar-refractivity contribution in [3.05, 3.63) is 47.1 Å². The van der Waals surface area contributed by atoms with Crippen LogP contribution in [0.2, 0.25) is 0 Å². The van der Waals surface area contributed by atoms with Crippen molar-refractivity contribution in [1.29, 1.82) is 0 Å². The molecule has 3 saturated heterocycles. The van der Waals surface area contributed by atoms with Crippen LogP contribution < -0.4 is 0 Å². The molecule has 1 spiro atoms. The minimum absolute atomic E-state index is 0.0857. The number of hydrogen-bond donors (Lipinski definition) is 1. The van der Waals surface area contributed by atoms with E-state index in [0.29, 0.717) is 36.3 Å². The summed E-state index contributed by atoms with van der Waals surface area (Å²) in [6.07, 6.45) is 13.2. The summed E-state index contributed by atoms with van der Waals surface area (Å²) >= 11 is 0. The fourth-order valence-corrected chi connectivity index (χ4v) is 7.07. The Labute approximate surface area is 232 Å². The zero-order valence-electron chi connectivity index (χ0n) is 24.0. The molecule has 2 bridgehead atoms. The second-order valence-electron chi connectivity index (χ2n) is 12.5. The van der Waals surface area contributed by atoms with Crippen molar-refractivity contribution in [3.8, 4) is 0 Å². The quantitative estimate of drug-likeness (QED) is 0.364. The van der Waals surface area contributed by atoms with Crippen molar-refractivity contribution >= 4 is 11.8 Å². The average molecular weight is 541 g/mol. The molecule has 5 aliphatic rings. The van der Waals surface area contributed by atoms with Gasteiger partial charge in [-0.3, -0.25) is 9.59 Å². The molecule has 214 valence electrons. The van der Waals surface area contributed by atoms with E-state index in [1.165, 1.54) is 5.57 Å². The van der Waals surface area contributed by atoms with E-state index in [4.69, 9.17) is 18.9 Å². The van der Waals surface area contributed by atoms with Crippen LogP contribution in [0.4, 0.5) is 0 Å². The van der Waals surface area contributed by atoms with E-state index in [9.17, 15) is 14.7 Å². The summed E-state index contributed by atoms with van der Waals surface area (Å²) in [5, 5.41) is 12.0. The van der Waals surface area contributed by atoms with Crippen molar-refractivity contribution in [2.45, 2.75) is 115 Å². The van der Waals surface area contributed by atoms with Crippen molar-refractivity contribution in [2.24, 2.45) is 17.8 Å². The van der Waals surface area contributed by atoms with Crippen molar-refractivity contribution in [2.75, 3.05) is 6.61 Å². The Morgan fingerprint density at radius 3 is 2.69 bits per heavy atom. The third-order valence-corrected chi connectivity index (χ3v) is 9.31. The third-order valence-electron chi connectivity index (χ3n) is 9.31. The Bertz CT molecular complexity index is 1100. The van der Waals surface area contributed by atoms with Gasteiger partial charge in [0.15, 0.2) is 17.7 Å². The van der Waals surface area contributed by atoms with Gasteiger partial charge in [-0.15, -0.1) is 0 Å². The second-order valence-corrected chi connectivity index (χ2v) is 12.5. The summed E-state index contributed by atoms with van der Waals surface area (Å²) in [6.45, 7) is 10.4. The highest BCUT2D eigenvalue weighted by molar-refractivity contribution is 6.03. The maximum absolute atomic E-state index is 13.8. The number of ketones is 1. The number of carbonyl (C=O) groups is 2. The van der Waals surface area contributed by atoms with Crippen LogP contribution in [0.25, 0.3) is 0 Å². The summed E-state index contributed by atoms with van der Waals surface area (Å²) in [4.78, 5) is 26.8. The maximum atomic E-state index is 13.8. The molecule has 0 saturated carbocycles. The second kappa shape index (κ2) is 11.1. The van der Waals surface area contributed by atoms with Gasteiger partial charge in [-0.05, 0) is 62.5 Å². The molecule has 0 aromatic rings. The van der Waals surface area contributed by atoms with Gasteiger partial charge < -0.3 is 24.1 Å². The van der Waals surface area contributed by atoms with Crippen LogP contribution in [0.3, 0.4) is 0 Å². The molecule has 5 rings (SSSR count). The summed E-state index contributed by atoms with van der Waals surface area (Å²) in [7, 11) is 0. The number of Topliss-reactive ketones (excluding diaryl/α,β-unsaturated/α-hetero) is 1. The first-order valence-electron chi connectivity index (χ1n) is 14.7. The number of aliphatic hydroxyl groups is 1. The molecule has 9 atom stereocenters. The fourth-order valence-electron chi connectivity index (χ4n) is 7.07. The van der Waals surface area contributed by atoms with Gasteiger partial charge in [0.2, 0.25) is 0 Å². The molecule has 7 nitrogen and oxygen atoms in total. The molecule has 0 aromatic carbocycles. The molecule has 1 aliphatic carbocycles. The van der Waals surface area contributed by atoms with Gasteiger partial charge in [0.1, 0.15) is 17.6 Å². The van der Waals surface area contributed by atoms with Crippen LogP contribution >= 0.6 is 0 Å². The van der Waals surface area contributed by atoms with Gasteiger partial charge in [0, 0.05) is 19.3 Å². The highest BCUT2D eigenvalue weighted by Crippen LogP contribution is 2.46. The summed E-state index contributed by atoms with van der Waals surface area (Å²) in [5.74, 6) is -1.95. The van der Waals surface area contributed by atoms with E-state index in [-0.39, 0.29) is 30.5 Å². The van der Waals surface area contributed by atoms with E-state index >= 15 is 0 Å². The molecular formula is C32H44O7. The van der Waals surface area contributed by atoms with Gasteiger partial charge in [-0.1, -0.05) is 56.7 Å². The van der Waals surface area contributed by atoms with E-state index in [2.05, 4.69) is 39.8 Å². The van der Waals surface area contributed by atoms with Gasteiger partial charge >= 0.3 is 5.97 Å². The van der Waals surface area contributed by atoms with Crippen molar-refractivity contribution in [1.82, 2.24) is 0 Å². The number of esters is 1. The zero-order valence-corrected chi connectivity index (χ0v) is 24.0. The lowest BCUT2D eigenvalue weighted by Crippen LogP contribution is -2.57. The van der Waals surface area contributed by atoms with Gasteiger partial charge in [-0.25, -0.2) is 0 Å². The molecule has 3 fully saturated rings. The Kier molecular flexibility index (Phi) is 8.08. The first-order valence-corrected chi connectivity index (χ1v) is 14.7. The topological polar surface area (TPSA) is 91.3 Å². The number of carbonyl (C=O) groups excluding carboxylic acids is 2. The van der Waals surface area contributed by atoms with Crippen LogP contribution in [0.5, 0.6) is 0 Å². The van der Waals surface area contributed by atoms with Crippen LogP contribution in [0.1, 0.15) is 79.6 Å². The number of fused-ring (bicyclic) bond motifs is 2. The summed E-state index contributed by atoms with van der Waals surface area (Å²) in [5.41, 5.74) is 0.421. The fraction of sp³-hybridized carbons (Fsp3) is 0.688. The molecule has 4 aliphatic heterocycles. The zero-order chi connectivity index (χ0) is 27.9. The lowest BCUT2D eigenvalue weighted by atomic mass is 9.71. The molecule has 7 heteroatoms. The lowest BCUT2D eigenvalue weighted by Gasteiger charge is -2.49. The molecule has 0 unspecified atom stereocenters. The molecule has 0 aromatic heterocycles. The first kappa shape index (κ1) is 28.5. The third kappa shape index (κ3) is 5.48. The molecule has 0 amide bonds. The summed E-state index contributed by atoms with van der Waals surface area (Å²) < 4.78 is 25.3. The molecule has 39 heavy (non-hydrogen) atoms. The number of rotatable bonds is 1. The molecule has 4 heterocycles. The van der Waals surface area contributed by atoms with E-state index in [1.54, 1.807) is 19.1 Å². The van der Waals surface area contributed by atoms with Crippen LogP contribution in [-0.4, -0.2) is 59.3 Å². The Morgan fingerprint density at radius 1 is 1.13 bits per heavy atom. The van der Waals surface area contributed by atoms with Gasteiger partial charge in [0.25, 0.3) is 0 Å². The Balaban J connectivity index is 1.51. The molecular weight excluding hydrogens is 496 g/mol. The number of allylic oxidation sites excluding steroid dienone is 4. The van der Waals surface area contributed by atoms with Gasteiger partial charge in [0.05, 0.1) is 18.8 Å². The first-order chi connectivity index (χ1) is 18.5. The predicted octanol–water partition coefficient (Wildman–Crippen LogP) is 5.13. The van der Waals surface area contributed by atoms with Crippen LogP contribution in [0, 0.1) is 17.8 Å². The minimum atomic E-state index is -1.78. The van der Waals surface area contributed by atoms with Crippen molar-refractivity contribution in [3.63, 3.8) is 0 Å². The largest absolute Gasteiger partial charge is 0.462 e. The van der Waals surface area contributed by atoms with E-state index in [1.807, 2.05) is 6.08 Å². The molecule has 0 radical (unpaired) electrons. The normalized spacial score (nSPS) is 46.8. The standard InChI is InChI=1S/C32H44O7/c1-6-27-21(4)12-13-31(39-27)17-25-16-24(38-31)11-10-20(3)14-19(2)8-7-9-23-18-36-29-28(33)22(5)15-26(30(34)37-25)32(23,29)35/h7-10,15,19,21,24-27,29,35H,6,11-14,16-18H2,1-5H3/b8-7+,20-10+,23-9+/t19-,21-,24+,25-,26-,27+,29-,31+,32+/m0/s1. The van der Waals surface area contributed by atoms with Crippen molar-refractivity contribution < 1.29 is 33.6 Å². The van der Waals surface area contributed by atoms with Crippen LogP contribution in [-0.2, 0) is 28.5 Å². The Morgan fingerprint density at radius 2 is 1.92 bits per heavy atom. The monoisotopic (exact) mass is 540 g/mol. The summed E-state index contributed by atoms with van der Waals surface area (Å²) in [6, 6.07) is 0. The number of ether oxygens (including phenoxy) is 4. The minimum Gasteiger partial charge on any atom is -0.462 e. The predicted molar refractivity (Wildman–Crippen MR) is 147 cm³/mol.